The van der Waals surface area contributed by atoms with Gasteiger partial charge in [0.2, 0.25) is 5.75 Å². The van der Waals surface area contributed by atoms with Gasteiger partial charge in [0, 0.05) is 49.7 Å². The van der Waals surface area contributed by atoms with Gasteiger partial charge in [-0.2, -0.15) is 0 Å². The molecule has 2 N–H and O–H groups in total. The number of likely N-dealkylation sites (tertiary alicyclic amines) is 1. The quantitative estimate of drug-likeness (QED) is 0.463. The summed E-state index contributed by atoms with van der Waals surface area (Å²) in [5.74, 6) is -0.0661. The zero-order chi connectivity index (χ0) is 25.1. The zero-order valence-electron chi connectivity index (χ0n) is 20.3. The van der Waals surface area contributed by atoms with Crippen LogP contribution in [0.1, 0.15) is 41.3 Å². The Morgan fingerprint density at radius 1 is 1.06 bits per heavy atom. The topological polar surface area (TPSA) is 91.3 Å². The molecule has 2 aliphatic rings. The summed E-state index contributed by atoms with van der Waals surface area (Å²) in [5, 5.41) is 15.0. The zero-order valence-corrected chi connectivity index (χ0v) is 21.0. The monoisotopic (exact) mass is 501 g/mol. The number of rotatable bonds is 6. The summed E-state index contributed by atoms with van der Waals surface area (Å²) in [6, 6.07) is 10.7. The lowest BCUT2D eigenvalue weighted by Gasteiger charge is -2.34. The average molecular weight is 502 g/mol. The van der Waals surface area contributed by atoms with Crippen LogP contribution in [0.15, 0.2) is 36.4 Å². The van der Waals surface area contributed by atoms with Crippen LogP contribution >= 0.6 is 11.6 Å². The van der Waals surface area contributed by atoms with E-state index in [1.807, 2.05) is 24.8 Å². The summed E-state index contributed by atoms with van der Waals surface area (Å²) < 4.78 is 0. The highest BCUT2D eigenvalue weighted by Gasteiger charge is 2.36. The third kappa shape index (κ3) is 5.89. The lowest BCUT2D eigenvalue weighted by molar-refractivity contribution is -0.210. The molecule has 0 radical (unpaired) electrons. The molecule has 0 spiro atoms. The summed E-state index contributed by atoms with van der Waals surface area (Å²) in [5.41, 5.74) is 3.55. The first kappa shape index (κ1) is 25.3. The first-order chi connectivity index (χ1) is 16.7. The summed E-state index contributed by atoms with van der Waals surface area (Å²) in [4.78, 5) is 38.0. The number of aliphatic hydroxyl groups excluding tert-OH is 1. The Hall–Kier alpha value is -2.81. The van der Waals surface area contributed by atoms with Gasteiger partial charge in [-0.25, -0.2) is 4.79 Å². The molecule has 2 saturated heterocycles. The number of aliphatic hydroxyl groups is 1. The molecule has 2 aliphatic heterocycles. The number of aryl methyl sites for hydroxylation is 1. The molecule has 0 saturated carbocycles. The van der Waals surface area contributed by atoms with Crippen molar-refractivity contribution in [2.75, 3.05) is 31.1 Å². The molecular formula is C26H32ClN3O5. The molecule has 2 aromatic rings. The van der Waals surface area contributed by atoms with Gasteiger partial charge in [-0.3, -0.25) is 14.6 Å². The minimum atomic E-state index is -0.565. The van der Waals surface area contributed by atoms with E-state index in [-0.39, 0.29) is 18.0 Å². The number of hydrogen-bond donors (Lipinski definition) is 2. The van der Waals surface area contributed by atoms with Gasteiger partial charge >= 0.3 is 5.97 Å². The van der Waals surface area contributed by atoms with E-state index in [0.717, 1.165) is 29.7 Å². The van der Waals surface area contributed by atoms with E-state index >= 15 is 0 Å². The maximum atomic E-state index is 12.8. The van der Waals surface area contributed by atoms with Crippen molar-refractivity contribution in [3.8, 4) is 5.75 Å². The molecule has 2 atom stereocenters. The van der Waals surface area contributed by atoms with Crippen molar-refractivity contribution in [2.24, 2.45) is 0 Å². The molecule has 1 amide bonds. The number of nitrogens with one attached hydrogen (secondary N) is 1. The molecule has 2 fully saturated rings. The summed E-state index contributed by atoms with van der Waals surface area (Å²) >= 11 is 5.93. The van der Waals surface area contributed by atoms with E-state index in [0.29, 0.717) is 42.5 Å². The van der Waals surface area contributed by atoms with E-state index in [1.165, 1.54) is 6.92 Å². The van der Waals surface area contributed by atoms with Crippen LogP contribution in [0.25, 0.3) is 0 Å². The average Bonchev–Trinajstić information content (AvgIpc) is 3.19. The Bertz CT molecular complexity index is 1070. The van der Waals surface area contributed by atoms with Crippen LogP contribution in [0.5, 0.6) is 5.75 Å². The lowest BCUT2D eigenvalue weighted by Crippen LogP contribution is -2.50. The standard InChI is InChI=1S/C26H32ClN3O5/c1-16-4-9-24(35-34-18(3)31)25(17(16)2)30-14-22(23(32)15-30)28-21-10-12-29(13-11-21)26(33)19-5-7-20(27)8-6-19/h4-9,21-23,28,32H,10-15H2,1-3H3/t22-,23-/m1/s1. The van der Waals surface area contributed by atoms with E-state index in [9.17, 15) is 14.7 Å². The van der Waals surface area contributed by atoms with E-state index in [4.69, 9.17) is 21.4 Å². The molecule has 188 valence electrons. The van der Waals surface area contributed by atoms with Crippen LogP contribution in [0.3, 0.4) is 0 Å². The molecular weight excluding hydrogens is 470 g/mol. The molecule has 35 heavy (non-hydrogen) atoms. The summed E-state index contributed by atoms with van der Waals surface area (Å²) in [6.45, 7) is 7.63. The molecule has 2 aromatic carbocycles. The van der Waals surface area contributed by atoms with E-state index in [1.54, 1.807) is 30.3 Å². The number of nitrogens with zero attached hydrogens (tertiary/aromatic N) is 2. The Kier molecular flexibility index (Phi) is 7.84. The Balaban J connectivity index is 1.36. The number of hydrogen-bond acceptors (Lipinski definition) is 7. The molecule has 2 heterocycles. The fourth-order valence-corrected chi connectivity index (χ4v) is 4.93. The molecule has 0 aromatic heterocycles. The van der Waals surface area contributed by atoms with Crippen molar-refractivity contribution in [1.82, 2.24) is 10.2 Å². The SMILES string of the molecule is CC(=O)OOc1ccc(C)c(C)c1N1C[C@@H](O)[C@H](NC2CCN(C(=O)c3ccc(Cl)cc3)CC2)C1. The van der Waals surface area contributed by atoms with Crippen molar-refractivity contribution in [3.05, 3.63) is 58.1 Å². The number of β-amino-alcohol motifs (C(OH)–C–C–N with tert-alkyl or cyclic N) is 1. The van der Waals surface area contributed by atoms with Crippen LogP contribution in [0.4, 0.5) is 5.69 Å². The predicted octanol–water partition coefficient (Wildman–Crippen LogP) is 3.26. The van der Waals surface area contributed by atoms with Crippen molar-refractivity contribution in [3.63, 3.8) is 0 Å². The summed E-state index contributed by atoms with van der Waals surface area (Å²) in [7, 11) is 0. The fourth-order valence-electron chi connectivity index (χ4n) is 4.80. The van der Waals surface area contributed by atoms with Crippen LogP contribution < -0.4 is 15.1 Å². The van der Waals surface area contributed by atoms with Crippen molar-refractivity contribution < 1.29 is 24.5 Å². The number of anilines is 1. The molecule has 9 heteroatoms. The van der Waals surface area contributed by atoms with Crippen molar-refractivity contribution in [1.29, 1.82) is 0 Å². The van der Waals surface area contributed by atoms with Gasteiger partial charge in [-0.1, -0.05) is 17.7 Å². The molecule has 8 nitrogen and oxygen atoms in total. The van der Waals surface area contributed by atoms with Gasteiger partial charge in [-0.05, 0) is 68.1 Å². The van der Waals surface area contributed by atoms with Crippen molar-refractivity contribution >= 4 is 29.2 Å². The predicted molar refractivity (Wildman–Crippen MR) is 134 cm³/mol. The second kappa shape index (κ2) is 10.8. The van der Waals surface area contributed by atoms with Gasteiger partial charge in [0.25, 0.3) is 5.91 Å². The molecule has 0 unspecified atom stereocenters. The van der Waals surface area contributed by atoms with Crippen molar-refractivity contribution in [2.45, 2.75) is 51.8 Å². The largest absolute Gasteiger partial charge is 0.390 e. The fraction of sp³-hybridized carbons (Fsp3) is 0.462. The number of benzene rings is 2. The van der Waals surface area contributed by atoms with Gasteiger partial charge in [0.05, 0.1) is 17.8 Å². The van der Waals surface area contributed by atoms with Gasteiger partial charge in [0.15, 0.2) is 0 Å². The third-order valence-corrected chi connectivity index (χ3v) is 7.09. The second-order valence-electron chi connectivity index (χ2n) is 9.33. The van der Waals surface area contributed by atoms with Gasteiger partial charge < -0.3 is 20.2 Å². The Morgan fingerprint density at radius 3 is 2.40 bits per heavy atom. The highest BCUT2D eigenvalue weighted by Crippen LogP contribution is 2.36. The first-order valence-corrected chi connectivity index (χ1v) is 12.3. The van der Waals surface area contributed by atoms with Gasteiger partial charge in [0.1, 0.15) is 0 Å². The second-order valence-corrected chi connectivity index (χ2v) is 9.77. The minimum Gasteiger partial charge on any atom is -0.390 e. The Morgan fingerprint density at radius 2 is 1.74 bits per heavy atom. The Labute approximate surface area is 210 Å². The maximum Gasteiger partial charge on any atom is 0.352 e. The smallest absolute Gasteiger partial charge is 0.352 e. The van der Waals surface area contributed by atoms with Crippen LogP contribution in [-0.2, 0) is 9.68 Å². The van der Waals surface area contributed by atoms with E-state index in [2.05, 4.69) is 10.2 Å². The van der Waals surface area contributed by atoms with Crippen LogP contribution in [0.2, 0.25) is 5.02 Å². The minimum absolute atomic E-state index is 0.0161. The number of piperidine rings is 1. The first-order valence-electron chi connectivity index (χ1n) is 11.9. The summed E-state index contributed by atoms with van der Waals surface area (Å²) in [6.07, 6.45) is 1.06. The number of carbonyl (C=O) groups is 2. The number of amides is 1. The highest BCUT2D eigenvalue weighted by atomic mass is 35.5. The lowest BCUT2D eigenvalue weighted by atomic mass is 10.0. The maximum absolute atomic E-state index is 12.8. The molecule has 4 rings (SSSR count). The normalized spacial score (nSPS) is 20.7. The third-order valence-electron chi connectivity index (χ3n) is 6.84. The number of halogens is 1. The van der Waals surface area contributed by atoms with Crippen LogP contribution in [-0.4, -0.2) is 66.2 Å². The highest BCUT2D eigenvalue weighted by molar-refractivity contribution is 6.30. The molecule has 0 aliphatic carbocycles. The van der Waals surface area contributed by atoms with Crippen LogP contribution in [0, 0.1) is 13.8 Å². The number of carbonyl (C=O) groups excluding carboxylic acids is 2. The van der Waals surface area contributed by atoms with Gasteiger partial charge in [-0.15, -0.1) is 0 Å². The van der Waals surface area contributed by atoms with E-state index < -0.39 is 12.1 Å². The molecule has 0 bridgehead atoms.